The summed E-state index contributed by atoms with van der Waals surface area (Å²) in [6.07, 6.45) is 3.83. The second kappa shape index (κ2) is 10.5. The van der Waals surface area contributed by atoms with Crippen LogP contribution in [0.2, 0.25) is 0 Å². The SMILES string of the molecule is CSCC[C@H](N)C(=O)NC1CCN(S(=O)(=O)c2ccc(C)cc2)CC1.Cl. The largest absolute Gasteiger partial charge is 0.352 e. The molecule has 0 unspecified atom stereocenters. The Labute approximate surface area is 166 Å². The van der Waals surface area contributed by atoms with Crippen LogP contribution < -0.4 is 11.1 Å². The number of thioether (sulfide) groups is 1. The third-order valence-electron chi connectivity index (χ3n) is 4.43. The first-order valence-corrected chi connectivity index (χ1v) is 11.3. The van der Waals surface area contributed by atoms with Crippen LogP contribution in [-0.4, -0.2) is 55.8 Å². The molecular formula is C17H28ClN3O3S2. The number of hydrogen-bond donors (Lipinski definition) is 2. The number of nitrogens with one attached hydrogen (secondary N) is 1. The van der Waals surface area contributed by atoms with Crippen molar-refractivity contribution in [3.05, 3.63) is 29.8 Å². The van der Waals surface area contributed by atoms with Crippen molar-refractivity contribution in [3.63, 3.8) is 0 Å². The number of carbonyl (C=O) groups is 1. The van der Waals surface area contributed by atoms with Crippen molar-refractivity contribution in [2.24, 2.45) is 5.73 Å². The van der Waals surface area contributed by atoms with E-state index in [0.717, 1.165) is 11.3 Å². The zero-order valence-corrected chi connectivity index (χ0v) is 17.6. The van der Waals surface area contributed by atoms with E-state index in [-0.39, 0.29) is 24.4 Å². The van der Waals surface area contributed by atoms with E-state index in [4.69, 9.17) is 5.73 Å². The highest BCUT2D eigenvalue weighted by molar-refractivity contribution is 7.98. The molecule has 26 heavy (non-hydrogen) atoms. The van der Waals surface area contributed by atoms with Crippen molar-refractivity contribution in [1.29, 1.82) is 0 Å². The van der Waals surface area contributed by atoms with Crippen LogP contribution in [0, 0.1) is 6.92 Å². The van der Waals surface area contributed by atoms with Crippen molar-refractivity contribution in [1.82, 2.24) is 9.62 Å². The summed E-state index contributed by atoms with van der Waals surface area (Å²) in [7, 11) is -3.47. The van der Waals surface area contributed by atoms with Gasteiger partial charge in [-0.2, -0.15) is 16.1 Å². The lowest BCUT2D eigenvalue weighted by molar-refractivity contribution is -0.123. The van der Waals surface area contributed by atoms with Crippen molar-refractivity contribution in [2.45, 2.75) is 43.2 Å². The summed E-state index contributed by atoms with van der Waals surface area (Å²) in [6, 6.07) is 6.37. The van der Waals surface area contributed by atoms with E-state index in [1.165, 1.54) is 4.31 Å². The van der Waals surface area contributed by atoms with Crippen LogP contribution in [0.25, 0.3) is 0 Å². The smallest absolute Gasteiger partial charge is 0.243 e. The fourth-order valence-corrected chi connectivity index (χ4v) is 4.74. The average molecular weight is 422 g/mol. The fraction of sp³-hybridized carbons (Fsp3) is 0.588. The molecule has 0 saturated carbocycles. The maximum absolute atomic E-state index is 12.7. The number of aryl methyl sites for hydroxylation is 1. The van der Waals surface area contributed by atoms with E-state index in [1.807, 2.05) is 13.2 Å². The molecule has 1 aromatic carbocycles. The standard InChI is InChI=1S/C17H27N3O3S2.ClH/c1-13-3-5-15(6-4-13)25(22,23)20-10-7-14(8-11-20)19-17(21)16(18)9-12-24-2;/h3-6,14,16H,7-12,18H2,1-2H3,(H,19,21);1H/t16-;/m0./s1. The van der Waals surface area contributed by atoms with E-state index in [1.54, 1.807) is 36.0 Å². The third-order valence-corrected chi connectivity index (χ3v) is 6.99. The van der Waals surface area contributed by atoms with Gasteiger partial charge in [0, 0.05) is 19.1 Å². The van der Waals surface area contributed by atoms with Gasteiger partial charge in [-0.15, -0.1) is 12.4 Å². The Balaban J connectivity index is 0.00000338. The number of halogens is 1. The number of carbonyl (C=O) groups excluding carboxylic acids is 1. The van der Waals surface area contributed by atoms with Gasteiger partial charge >= 0.3 is 0 Å². The maximum atomic E-state index is 12.7. The number of piperidine rings is 1. The zero-order valence-electron chi connectivity index (χ0n) is 15.2. The highest BCUT2D eigenvalue weighted by atomic mass is 35.5. The maximum Gasteiger partial charge on any atom is 0.243 e. The number of nitrogens with zero attached hydrogens (tertiary/aromatic N) is 1. The molecule has 1 saturated heterocycles. The fourth-order valence-electron chi connectivity index (χ4n) is 2.78. The zero-order chi connectivity index (χ0) is 18.4. The van der Waals surface area contributed by atoms with Crippen LogP contribution >= 0.6 is 24.2 Å². The van der Waals surface area contributed by atoms with E-state index < -0.39 is 16.1 Å². The highest BCUT2D eigenvalue weighted by Crippen LogP contribution is 2.21. The highest BCUT2D eigenvalue weighted by Gasteiger charge is 2.30. The van der Waals surface area contributed by atoms with Gasteiger partial charge in [-0.1, -0.05) is 17.7 Å². The van der Waals surface area contributed by atoms with Crippen LogP contribution in [0.5, 0.6) is 0 Å². The normalized spacial score (nSPS) is 17.3. The minimum Gasteiger partial charge on any atom is -0.352 e. The van der Waals surface area contributed by atoms with Gasteiger partial charge in [-0.05, 0) is 50.3 Å². The molecule has 1 aliphatic heterocycles. The van der Waals surface area contributed by atoms with E-state index >= 15 is 0 Å². The number of sulfonamides is 1. The predicted molar refractivity (Wildman–Crippen MR) is 109 cm³/mol. The van der Waals surface area contributed by atoms with Crippen molar-refractivity contribution in [2.75, 3.05) is 25.1 Å². The van der Waals surface area contributed by atoms with Crippen molar-refractivity contribution >= 4 is 40.1 Å². The summed E-state index contributed by atoms with van der Waals surface area (Å²) < 4.78 is 26.8. The quantitative estimate of drug-likeness (QED) is 0.699. The molecule has 0 spiro atoms. The minimum atomic E-state index is -3.47. The molecule has 0 radical (unpaired) electrons. The van der Waals surface area contributed by atoms with Crippen LogP contribution in [-0.2, 0) is 14.8 Å². The van der Waals surface area contributed by atoms with Gasteiger partial charge in [-0.3, -0.25) is 4.79 Å². The van der Waals surface area contributed by atoms with Gasteiger partial charge in [0.15, 0.2) is 0 Å². The molecule has 1 fully saturated rings. The van der Waals surface area contributed by atoms with Crippen molar-refractivity contribution < 1.29 is 13.2 Å². The van der Waals surface area contributed by atoms with Gasteiger partial charge < -0.3 is 11.1 Å². The van der Waals surface area contributed by atoms with Crippen LogP contribution in [0.4, 0.5) is 0 Å². The first-order valence-electron chi connectivity index (χ1n) is 8.46. The molecule has 1 aromatic rings. The van der Waals surface area contributed by atoms with Crippen LogP contribution in [0.3, 0.4) is 0 Å². The van der Waals surface area contributed by atoms with Gasteiger partial charge in [0.05, 0.1) is 10.9 Å². The minimum absolute atomic E-state index is 0. The van der Waals surface area contributed by atoms with Crippen molar-refractivity contribution in [3.8, 4) is 0 Å². The van der Waals surface area contributed by atoms with Gasteiger partial charge in [0.2, 0.25) is 15.9 Å². The number of nitrogens with two attached hydrogens (primary N) is 1. The summed E-state index contributed by atoms with van der Waals surface area (Å²) in [5.41, 5.74) is 6.90. The molecule has 6 nitrogen and oxygen atoms in total. The Hall–Kier alpha value is -0.800. The molecule has 1 heterocycles. The Morgan fingerprint density at radius 1 is 1.31 bits per heavy atom. The number of rotatable bonds is 7. The van der Waals surface area contributed by atoms with Gasteiger partial charge in [0.25, 0.3) is 0 Å². The summed E-state index contributed by atoms with van der Waals surface area (Å²) in [6.45, 7) is 2.73. The first kappa shape index (κ1) is 23.2. The second-order valence-corrected chi connectivity index (χ2v) is 9.31. The lowest BCUT2D eigenvalue weighted by Gasteiger charge is -2.32. The van der Waals surface area contributed by atoms with E-state index in [0.29, 0.717) is 37.2 Å². The Bertz CT molecular complexity index is 675. The molecule has 1 atom stereocenters. The lowest BCUT2D eigenvalue weighted by atomic mass is 10.1. The lowest BCUT2D eigenvalue weighted by Crippen LogP contribution is -2.50. The molecule has 2 rings (SSSR count). The molecule has 3 N–H and O–H groups in total. The summed E-state index contributed by atoms with van der Waals surface area (Å²) >= 11 is 1.66. The molecule has 9 heteroatoms. The number of amides is 1. The molecule has 0 aromatic heterocycles. The van der Waals surface area contributed by atoms with Gasteiger partial charge in [0.1, 0.15) is 0 Å². The molecule has 148 valence electrons. The Morgan fingerprint density at radius 2 is 1.88 bits per heavy atom. The van der Waals surface area contributed by atoms with Gasteiger partial charge in [-0.25, -0.2) is 8.42 Å². The second-order valence-electron chi connectivity index (χ2n) is 6.39. The molecule has 0 bridgehead atoms. The monoisotopic (exact) mass is 421 g/mol. The Kier molecular flexibility index (Phi) is 9.40. The predicted octanol–water partition coefficient (Wildman–Crippen LogP) is 1.77. The molecular weight excluding hydrogens is 394 g/mol. The summed E-state index contributed by atoms with van der Waals surface area (Å²) in [5.74, 6) is 0.704. The van der Waals surface area contributed by atoms with Crippen LogP contribution in [0.15, 0.2) is 29.2 Å². The third kappa shape index (κ3) is 6.13. The number of benzene rings is 1. The summed E-state index contributed by atoms with van der Waals surface area (Å²) in [5, 5.41) is 2.95. The van der Waals surface area contributed by atoms with Crippen LogP contribution in [0.1, 0.15) is 24.8 Å². The number of hydrogen-bond acceptors (Lipinski definition) is 5. The molecule has 1 aliphatic rings. The van der Waals surface area contributed by atoms with E-state index in [2.05, 4.69) is 5.32 Å². The molecule has 1 amide bonds. The average Bonchev–Trinajstić information content (AvgIpc) is 2.60. The first-order chi connectivity index (χ1) is 11.8. The van der Waals surface area contributed by atoms with E-state index in [9.17, 15) is 13.2 Å². The molecule has 0 aliphatic carbocycles. The summed E-state index contributed by atoms with van der Waals surface area (Å²) in [4.78, 5) is 12.4. The Morgan fingerprint density at radius 3 is 2.42 bits per heavy atom. The topological polar surface area (TPSA) is 92.5 Å².